The van der Waals surface area contributed by atoms with E-state index in [1.54, 1.807) is 7.11 Å². The largest absolute Gasteiger partial charge is 0.467 e. The molecule has 1 fully saturated rings. The summed E-state index contributed by atoms with van der Waals surface area (Å²) >= 11 is 0. The van der Waals surface area contributed by atoms with E-state index in [1.165, 1.54) is 0 Å². The molecule has 2 heterocycles. The minimum atomic E-state index is 0.206. The van der Waals surface area contributed by atoms with Gasteiger partial charge >= 0.3 is 6.01 Å². The second kappa shape index (κ2) is 6.43. The lowest BCUT2D eigenvalue weighted by molar-refractivity contribution is 0.128. The van der Waals surface area contributed by atoms with E-state index in [4.69, 9.17) is 4.74 Å². The molecule has 0 atom stereocenters. The van der Waals surface area contributed by atoms with Crippen molar-refractivity contribution in [3.8, 4) is 6.01 Å². The topological polar surface area (TPSA) is 66.4 Å². The van der Waals surface area contributed by atoms with Crippen molar-refractivity contribution in [1.29, 1.82) is 0 Å². The number of methoxy groups -OCH3 is 1. The van der Waals surface area contributed by atoms with Gasteiger partial charge in [-0.05, 0) is 27.7 Å². The fraction of sp³-hybridized carbons (Fsp3) is 0.786. The maximum absolute atomic E-state index is 5.17. The minimum Gasteiger partial charge on any atom is -0.467 e. The highest BCUT2D eigenvalue weighted by Crippen LogP contribution is 2.20. The molecule has 0 saturated carbocycles. The summed E-state index contributed by atoms with van der Waals surface area (Å²) in [5.41, 5.74) is 0.206. The molecule has 0 radical (unpaired) electrons. The van der Waals surface area contributed by atoms with E-state index < -0.39 is 0 Å². The summed E-state index contributed by atoms with van der Waals surface area (Å²) in [5.74, 6) is 1.25. The molecule has 0 aromatic carbocycles. The van der Waals surface area contributed by atoms with Gasteiger partial charge in [0.05, 0.1) is 7.11 Å². The standard InChI is InChI=1S/C14H26N6O/c1-6-15-11-16-12(18-13(17-11)21-5)19-7-9-20(10-8-19)14(2,3)4/h6-10H2,1-5H3,(H,15,16,17,18). The normalized spacial score (nSPS) is 16.9. The zero-order chi connectivity index (χ0) is 15.5. The lowest BCUT2D eigenvalue weighted by Crippen LogP contribution is -2.53. The van der Waals surface area contributed by atoms with E-state index in [0.717, 1.165) is 32.7 Å². The van der Waals surface area contributed by atoms with Crippen LogP contribution in [-0.2, 0) is 0 Å². The molecule has 7 heteroatoms. The van der Waals surface area contributed by atoms with Gasteiger partial charge in [0.1, 0.15) is 0 Å². The molecule has 1 aliphatic heterocycles. The Bertz CT molecular complexity index is 465. The molecule has 2 rings (SSSR count). The molecular weight excluding hydrogens is 268 g/mol. The summed E-state index contributed by atoms with van der Waals surface area (Å²) in [6.07, 6.45) is 0. The number of nitrogens with one attached hydrogen (secondary N) is 1. The predicted molar refractivity (Wildman–Crippen MR) is 84.1 cm³/mol. The van der Waals surface area contributed by atoms with Gasteiger partial charge in [-0.1, -0.05) is 0 Å². The summed E-state index contributed by atoms with van der Waals surface area (Å²) < 4.78 is 5.17. The lowest BCUT2D eigenvalue weighted by Gasteiger charge is -2.42. The van der Waals surface area contributed by atoms with Gasteiger partial charge in [-0.2, -0.15) is 15.0 Å². The van der Waals surface area contributed by atoms with Gasteiger partial charge in [0.2, 0.25) is 11.9 Å². The average Bonchev–Trinajstić information content (AvgIpc) is 2.46. The van der Waals surface area contributed by atoms with Crippen LogP contribution >= 0.6 is 0 Å². The van der Waals surface area contributed by atoms with Crippen LogP contribution < -0.4 is 15.0 Å². The molecule has 0 spiro atoms. The van der Waals surface area contributed by atoms with Crippen LogP contribution in [0, 0.1) is 0 Å². The van der Waals surface area contributed by atoms with Crippen molar-refractivity contribution in [1.82, 2.24) is 19.9 Å². The minimum absolute atomic E-state index is 0.206. The molecule has 7 nitrogen and oxygen atoms in total. The Morgan fingerprint density at radius 2 is 1.76 bits per heavy atom. The Morgan fingerprint density at radius 1 is 1.10 bits per heavy atom. The Hall–Kier alpha value is -1.63. The van der Waals surface area contributed by atoms with E-state index in [-0.39, 0.29) is 5.54 Å². The fourth-order valence-corrected chi connectivity index (χ4v) is 2.39. The van der Waals surface area contributed by atoms with Crippen molar-refractivity contribution in [3.63, 3.8) is 0 Å². The van der Waals surface area contributed by atoms with E-state index >= 15 is 0 Å². The summed E-state index contributed by atoms with van der Waals surface area (Å²) in [5, 5.41) is 3.12. The van der Waals surface area contributed by atoms with Crippen LogP contribution in [-0.4, -0.2) is 65.2 Å². The predicted octanol–water partition coefficient (Wildman–Crippen LogP) is 1.23. The first-order valence-electron chi connectivity index (χ1n) is 7.48. The molecule has 1 aliphatic rings. The first-order chi connectivity index (χ1) is 9.94. The molecule has 0 bridgehead atoms. The number of anilines is 2. The molecule has 1 N–H and O–H groups in total. The zero-order valence-electron chi connectivity index (χ0n) is 13.7. The number of rotatable bonds is 4. The SMILES string of the molecule is CCNc1nc(OC)nc(N2CCN(C(C)(C)C)CC2)n1. The van der Waals surface area contributed by atoms with Crippen LogP contribution in [0.5, 0.6) is 6.01 Å². The quantitative estimate of drug-likeness (QED) is 0.896. The second-order valence-corrected chi connectivity index (χ2v) is 6.12. The molecule has 0 aliphatic carbocycles. The van der Waals surface area contributed by atoms with E-state index in [2.05, 4.69) is 50.8 Å². The van der Waals surface area contributed by atoms with Crippen molar-refractivity contribution < 1.29 is 4.74 Å². The summed E-state index contributed by atoms with van der Waals surface area (Å²) in [4.78, 5) is 17.7. The maximum Gasteiger partial charge on any atom is 0.322 e. The van der Waals surface area contributed by atoms with Gasteiger partial charge < -0.3 is 15.0 Å². The van der Waals surface area contributed by atoms with Gasteiger partial charge in [0.15, 0.2) is 0 Å². The second-order valence-electron chi connectivity index (χ2n) is 6.12. The van der Waals surface area contributed by atoms with Crippen molar-refractivity contribution >= 4 is 11.9 Å². The fourth-order valence-electron chi connectivity index (χ4n) is 2.39. The molecule has 1 aromatic rings. The first kappa shape index (κ1) is 15.8. The highest BCUT2D eigenvalue weighted by molar-refractivity contribution is 5.38. The lowest BCUT2D eigenvalue weighted by atomic mass is 10.1. The first-order valence-corrected chi connectivity index (χ1v) is 7.48. The van der Waals surface area contributed by atoms with Gasteiger partial charge in [0.25, 0.3) is 0 Å². The molecular formula is C14H26N6O. The van der Waals surface area contributed by atoms with Crippen LogP contribution in [0.1, 0.15) is 27.7 Å². The Morgan fingerprint density at radius 3 is 2.29 bits per heavy atom. The maximum atomic E-state index is 5.17. The van der Waals surface area contributed by atoms with E-state index in [9.17, 15) is 0 Å². The zero-order valence-corrected chi connectivity index (χ0v) is 13.7. The van der Waals surface area contributed by atoms with Gasteiger partial charge in [0, 0.05) is 38.3 Å². The molecule has 0 amide bonds. The van der Waals surface area contributed by atoms with Crippen LogP contribution in [0.2, 0.25) is 0 Å². The highest BCUT2D eigenvalue weighted by Gasteiger charge is 2.27. The van der Waals surface area contributed by atoms with Crippen molar-refractivity contribution in [2.24, 2.45) is 0 Å². The van der Waals surface area contributed by atoms with Crippen LogP contribution in [0.15, 0.2) is 0 Å². The number of aromatic nitrogens is 3. The Balaban J connectivity index is 2.10. The molecule has 1 aromatic heterocycles. The molecule has 118 valence electrons. The van der Waals surface area contributed by atoms with Crippen molar-refractivity contribution in [3.05, 3.63) is 0 Å². The van der Waals surface area contributed by atoms with E-state index in [0.29, 0.717) is 17.9 Å². The Kier molecular flexibility index (Phi) is 4.82. The summed E-state index contributed by atoms with van der Waals surface area (Å²) in [6, 6.07) is 0.356. The van der Waals surface area contributed by atoms with Gasteiger partial charge in [-0.15, -0.1) is 0 Å². The van der Waals surface area contributed by atoms with E-state index in [1.807, 2.05) is 6.92 Å². The third kappa shape index (κ3) is 3.93. The number of piperazine rings is 1. The summed E-state index contributed by atoms with van der Waals surface area (Å²) in [6.45, 7) is 13.4. The number of ether oxygens (including phenoxy) is 1. The van der Waals surface area contributed by atoms with Crippen LogP contribution in [0.3, 0.4) is 0 Å². The molecule has 1 saturated heterocycles. The van der Waals surface area contributed by atoms with Crippen molar-refractivity contribution in [2.75, 3.05) is 50.1 Å². The number of nitrogens with zero attached hydrogens (tertiary/aromatic N) is 5. The smallest absolute Gasteiger partial charge is 0.322 e. The third-order valence-electron chi connectivity index (χ3n) is 3.63. The Labute approximate surface area is 126 Å². The average molecular weight is 294 g/mol. The molecule has 21 heavy (non-hydrogen) atoms. The van der Waals surface area contributed by atoms with Crippen LogP contribution in [0.4, 0.5) is 11.9 Å². The summed E-state index contributed by atoms with van der Waals surface area (Å²) in [7, 11) is 1.58. The monoisotopic (exact) mass is 294 g/mol. The highest BCUT2D eigenvalue weighted by atomic mass is 16.5. The number of hydrogen-bond acceptors (Lipinski definition) is 7. The molecule has 0 unspecified atom stereocenters. The number of hydrogen-bond donors (Lipinski definition) is 1. The third-order valence-corrected chi connectivity index (χ3v) is 3.63. The van der Waals surface area contributed by atoms with Crippen molar-refractivity contribution in [2.45, 2.75) is 33.2 Å². The van der Waals surface area contributed by atoms with Gasteiger partial charge in [-0.25, -0.2) is 0 Å². The van der Waals surface area contributed by atoms with Crippen LogP contribution in [0.25, 0.3) is 0 Å². The van der Waals surface area contributed by atoms with Gasteiger partial charge in [-0.3, -0.25) is 4.90 Å².